The summed E-state index contributed by atoms with van der Waals surface area (Å²) in [5.74, 6) is 0. The van der Waals surface area contributed by atoms with E-state index >= 15 is 0 Å². The average molecular weight is 308 g/mol. The Morgan fingerprint density at radius 2 is 2.29 bits per heavy atom. The average Bonchev–Trinajstić information content (AvgIpc) is 2.16. The number of aromatic nitrogens is 1. The van der Waals surface area contributed by atoms with Crippen LogP contribution in [-0.2, 0) is 0 Å². The van der Waals surface area contributed by atoms with Gasteiger partial charge in [-0.25, -0.2) is 13.8 Å². The van der Waals surface area contributed by atoms with Crippen LogP contribution in [0, 0.1) is 14.9 Å². The van der Waals surface area contributed by atoms with E-state index < -0.39 is 12.0 Å². The first kappa shape index (κ1) is 11.0. The maximum atomic E-state index is 12.5. The molecule has 6 heteroatoms. The molecule has 0 fully saturated rings. The zero-order valence-electron chi connectivity index (χ0n) is 6.67. The number of aldehydes is 1. The second-order valence-electron chi connectivity index (χ2n) is 2.32. The number of rotatable bonds is 2. The Kier molecular flexibility index (Phi) is 3.46. The van der Waals surface area contributed by atoms with Crippen molar-refractivity contribution in [1.82, 2.24) is 4.98 Å². The van der Waals surface area contributed by atoms with Crippen molar-refractivity contribution in [2.45, 2.75) is 6.43 Å². The van der Waals surface area contributed by atoms with Gasteiger partial charge >= 0.3 is 0 Å². The van der Waals surface area contributed by atoms with E-state index in [1.807, 2.05) is 0 Å². The summed E-state index contributed by atoms with van der Waals surface area (Å²) < 4.78 is 25.0. The quantitative estimate of drug-likeness (QED) is 0.622. The highest BCUT2D eigenvalue weighted by Gasteiger charge is 2.20. The molecule has 0 atom stereocenters. The van der Waals surface area contributed by atoms with Crippen LogP contribution in [0.2, 0.25) is 0 Å². The summed E-state index contributed by atoms with van der Waals surface area (Å²) in [6.07, 6.45) is -1.26. The third kappa shape index (κ3) is 1.87. The molecule has 0 amide bonds. The lowest BCUT2D eigenvalue weighted by Crippen LogP contribution is -2.02. The summed E-state index contributed by atoms with van der Waals surface area (Å²) in [4.78, 5) is 13.9. The molecule has 0 spiro atoms. The van der Waals surface area contributed by atoms with Crippen LogP contribution in [0.25, 0.3) is 0 Å². The highest BCUT2D eigenvalue weighted by atomic mass is 127. The predicted octanol–water partition coefficient (Wildman–Crippen LogP) is 2.31. The van der Waals surface area contributed by atoms with Crippen molar-refractivity contribution in [3.8, 4) is 6.07 Å². The van der Waals surface area contributed by atoms with Gasteiger partial charge in [-0.1, -0.05) is 0 Å². The number of nitrogens with zero attached hydrogens (tertiary/aromatic N) is 2. The molecule has 1 aromatic heterocycles. The molecule has 1 aromatic rings. The Morgan fingerprint density at radius 3 is 2.71 bits per heavy atom. The van der Waals surface area contributed by atoms with Crippen molar-refractivity contribution in [3.63, 3.8) is 0 Å². The second-order valence-corrected chi connectivity index (χ2v) is 3.40. The van der Waals surface area contributed by atoms with Gasteiger partial charge in [-0.3, -0.25) is 4.79 Å². The molecule has 1 heterocycles. The van der Waals surface area contributed by atoms with Crippen LogP contribution in [0.4, 0.5) is 8.78 Å². The fraction of sp³-hybridized carbons (Fsp3) is 0.125. The number of alkyl halides is 2. The molecule has 0 N–H and O–H groups in total. The van der Waals surface area contributed by atoms with Crippen molar-refractivity contribution in [1.29, 1.82) is 5.26 Å². The zero-order valence-corrected chi connectivity index (χ0v) is 8.83. The Bertz CT molecular complexity index is 415. The van der Waals surface area contributed by atoms with E-state index in [2.05, 4.69) is 4.98 Å². The molecule has 0 saturated carbocycles. The minimum Gasteiger partial charge on any atom is -0.298 e. The van der Waals surface area contributed by atoms with Gasteiger partial charge in [0.15, 0.2) is 6.29 Å². The highest BCUT2D eigenvalue weighted by Crippen LogP contribution is 2.28. The summed E-state index contributed by atoms with van der Waals surface area (Å²) >= 11 is 1.60. The van der Waals surface area contributed by atoms with Crippen LogP contribution in [0.15, 0.2) is 6.20 Å². The molecule has 72 valence electrons. The fourth-order valence-corrected chi connectivity index (χ4v) is 1.65. The van der Waals surface area contributed by atoms with Gasteiger partial charge in [-0.2, -0.15) is 5.26 Å². The van der Waals surface area contributed by atoms with Gasteiger partial charge in [0.05, 0.1) is 5.56 Å². The minimum absolute atomic E-state index is 0.0694. The Morgan fingerprint density at radius 1 is 1.64 bits per heavy atom. The van der Waals surface area contributed by atoms with Crippen molar-refractivity contribution < 1.29 is 13.6 Å². The number of nitriles is 1. The summed E-state index contributed by atoms with van der Waals surface area (Å²) in [5.41, 5.74) is -0.743. The zero-order chi connectivity index (χ0) is 10.7. The fourth-order valence-electron chi connectivity index (χ4n) is 0.890. The number of carbonyl (C=O) groups excluding carboxylic acids is 1. The molecule has 0 bridgehead atoms. The first-order valence-corrected chi connectivity index (χ1v) is 4.51. The Balaban J connectivity index is 3.48. The SMILES string of the molecule is N#Cc1ncc(C=O)c(I)c1C(F)F. The molecule has 1 rings (SSSR count). The molecular formula is C8H3F2IN2O. The van der Waals surface area contributed by atoms with Crippen molar-refractivity contribution in [2.24, 2.45) is 0 Å². The van der Waals surface area contributed by atoms with Crippen LogP contribution >= 0.6 is 22.6 Å². The number of carbonyl (C=O) groups is 1. The molecule has 14 heavy (non-hydrogen) atoms. The maximum absolute atomic E-state index is 12.5. The van der Waals surface area contributed by atoms with Crippen LogP contribution in [-0.4, -0.2) is 11.3 Å². The van der Waals surface area contributed by atoms with Crippen molar-refractivity contribution in [3.05, 3.63) is 26.6 Å². The van der Waals surface area contributed by atoms with E-state index in [0.717, 1.165) is 6.20 Å². The third-order valence-electron chi connectivity index (χ3n) is 1.53. The van der Waals surface area contributed by atoms with E-state index in [9.17, 15) is 13.6 Å². The molecule has 0 aliphatic heterocycles. The topological polar surface area (TPSA) is 53.8 Å². The molecule has 0 saturated heterocycles. The molecule has 3 nitrogen and oxygen atoms in total. The molecule has 0 aliphatic rings. The monoisotopic (exact) mass is 308 g/mol. The van der Waals surface area contributed by atoms with E-state index in [1.165, 1.54) is 0 Å². The predicted molar refractivity (Wildman–Crippen MR) is 52.0 cm³/mol. The molecule has 0 aromatic carbocycles. The van der Waals surface area contributed by atoms with E-state index in [4.69, 9.17) is 5.26 Å². The Labute approximate surface area is 91.9 Å². The van der Waals surface area contributed by atoms with E-state index in [-0.39, 0.29) is 14.8 Å². The van der Waals surface area contributed by atoms with Gasteiger partial charge in [0.25, 0.3) is 6.43 Å². The normalized spacial score (nSPS) is 9.93. The van der Waals surface area contributed by atoms with Gasteiger partial charge in [0.1, 0.15) is 11.8 Å². The van der Waals surface area contributed by atoms with Gasteiger partial charge in [-0.05, 0) is 22.6 Å². The van der Waals surface area contributed by atoms with E-state index in [0.29, 0.717) is 6.29 Å². The van der Waals surface area contributed by atoms with Crippen LogP contribution < -0.4 is 0 Å². The standard InChI is InChI=1S/C8H3F2IN2O/c9-8(10)6-5(1-12)13-2-4(3-14)7(6)11/h2-3,8H. The number of pyridine rings is 1. The van der Waals surface area contributed by atoms with Gasteiger partial charge in [0, 0.05) is 15.3 Å². The smallest absolute Gasteiger partial charge is 0.267 e. The second kappa shape index (κ2) is 4.41. The minimum atomic E-state index is -2.80. The van der Waals surface area contributed by atoms with Crippen molar-refractivity contribution in [2.75, 3.05) is 0 Å². The summed E-state index contributed by atoms with van der Waals surface area (Å²) in [5, 5.41) is 8.52. The lowest BCUT2D eigenvalue weighted by atomic mass is 10.1. The van der Waals surface area contributed by atoms with Crippen molar-refractivity contribution >= 4 is 28.9 Å². The number of halogens is 3. The van der Waals surface area contributed by atoms with Crippen LogP contribution in [0.5, 0.6) is 0 Å². The van der Waals surface area contributed by atoms with Gasteiger partial charge < -0.3 is 0 Å². The van der Waals surface area contributed by atoms with Crippen LogP contribution in [0.1, 0.15) is 28.0 Å². The maximum Gasteiger partial charge on any atom is 0.267 e. The lowest BCUT2D eigenvalue weighted by molar-refractivity contribution is 0.112. The third-order valence-corrected chi connectivity index (χ3v) is 2.73. The Hall–Kier alpha value is -1.10. The van der Waals surface area contributed by atoms with Gasteiger partial charge in [0.2, 0.25) is 0 Å². The molecule has 0 aliphatic carbocycles. The summed E-state index contributed by atoms with van der Waals surface area (Å²) in [6, 6.07) is 1.56. The molecule has 0 radical (unpaired) electrons. The summed E-state index contributed by atoms with van der Waals surface area (Å²) in [7, 11) is 0. The first-order chi connectivity index (χ1) is 6.61. The number of hydrogen-bond acceptors (Lipinski definition) is 3. The largest absolute Gasteiger partial charge is 0.298 e. The van der Waals surface area contributed by atoms with Crippen LogP contribution in [0.3, 0.4) is 0 Å². The highest BCUT2D eigenvalue weighted by molar-refractivity contribution is 14.1. The van der Waals surface area contributed by atoms with E-state index in [1.54, 1.807) is 28.7 Å². The number of hydrogen-bond donors (Lipinski definition) is 0. The first-order valence-electron chi connectivity index (χ1n) is 3.43. The lowest BCUT2D eigenvalue weighted by Gasteiger charge is -2.05. The molecular weight excluding hydrogens is 305 g/mol. The molecule has 0 unspecified atom stereocenters. The van der Waals surface area contributed by atoms with Gasteiger partial charge in [-0.15, -0.1) is 0 Å². The summed E-state index contributed by atoms with van der Waals surface area (Å²) in [6.45, 7) is 0.